The Balaban J connectivity index is 2.03. The minimum atomic E-state index is -0.143. The van der Waals surface area contributed by atoms with E-state index < -0.39 is 0 Å². The van der Waals surface area contributed by atoms with Crippen LogP contribution >= 0.6 is 9.03 Å². The van der Waals surface area contributed by atoms with Gasteiger partial charge in [0.15, 0.2) is 0 Å². The number of allylic oxidation sites excluding steroid dienone is 6. The molecule has 31 heavy (non-hydrogen) atoms. The van der Waals surface area contributed by atoms with Crippen LogP contribution in [-0.2, 0) is 9.94 Å². The molecule has 0 heterocycles. The largest absolute Gasteiger partial charge is 0.462 e. The molecule has 0 radical (unpaired) electrons. The minimum absolute atomic E-state index is 0.124. The molecule has 2 aromatic carbocycles. The highest BCUT2D eigenvalue weighted by atomic mass is 31.1. The van der Waals surface area contributed by atoms with Gasteiger partial charge in [0.1, 0.15) is 17.3 Å². The second kappa shape index (κ2) is 12.2. The van der Waals surface area contributed by atoms with Crippen LogP contribution in [-0.4, -0.2) is 0 Å². The third-order valence-corrected chi connectivity index (χ3v) is 5.64. The van der Waals surface area contributed by atoms with Gasteiger partial charge in [0, 0.05) is 11.8 Å². The molecule has 164 valence electrons. The van der Waals surface area contributed by atoms with E-state index >= 15 is 0 Å². The molecule has 0 aliphatic heterocycles. The van der Waals surface area contributed by atoms with Crippen molar-refractivity contribution in [1.82, 2.24) is 0 Å². The highest BCUT2D eigenvalue weighted by Crippen LogP contribution is 2.34. The van der Waals surface area contributed by atoms with E-state index in [0.717, 1.165) is 29.4 Å². The Morgan fingerprint density at radius 2 is 1.55 bits per heavy atom. The summed E-state index contributed by atoms with van der Waals surface area (Å²) >= 11 is 0. The zero-order valence-electron chi connectivity index (χ0n) is 19.1. The van der Waals surface area contributed by atoms with Gasteiger partial charge < -0.3 is 13.8 Å². The molecule has 1 unspecified atom stereocenters. The van der Waals surface area contributed by atoms with Crippen LogP contribution in [0, 0.1) is 0 Å². The van der Waals surface area contributed by atoms with Crippen LogP contribution < -0.4 is 9.26 Å². The lowest BCUT2D eigenvalue weighted by Gasteiger charge is -2.26. The summed E-state index contributed by atoms with van der Waals surface area (Å²) in [6, 6.07) is 16.5. The standard InChI is InChI=1S/C27H33O3P/c1-7-11-25(12-8-2)29-31-30-26-19-15-22(16-20-26)27(5,6)21-13-17-24(18-14-21)28-23(9-3)10-4/h7-9,11-20,31H,1,10H2,2-6H3/b12-8-,23-9?,25-11+. The molecule has 0 saturated carbocycles. The number of benzene rings is 2. The monoisotopic (exact) mass is 436 g/mol. The Morgan fingerprint density at radius 1 is 0.968 bits per heavy atom. The van der Waals surface area contributed by atoms with Crippen molar-refractivity contribution in [2.75, 3.05) is 0 Å². The second-order valence-electron chi connectivity index (χ2n) is 7.48. The van der Waals surface area contributed by atoms with Crippen molar-refractivity contribution in [2.45, 2.75) is 46.5 Å². The average Bonchev–Trinajstić information content (AvgIpc) is 2.78. The Labute approximate surface area is 189 Å². The molecule has 0 amide bonds. The topological polar surface area (TPSA) is 27.7 Å². The number of hydrogen-bond donors (Lipinski definition) is 0. The molecule has 1 atom stereocenters. The van der Waals surface area contributed by atoms with Crippen LogP contribution in [0.3, 0.4) is 0 Å². The first-order chi connectivity index (χ1) is 14.9. The van der Waals surface area contributed by atoms with Crippen LogP contribution in [0.15, 0.2) is 97.0 Å². The van der Waals surface area contributed by atoms with Gasteiger partial charge >= 0.3 is 0 Å². The molecule has 0 fully saturated rings. The van der Waals surface area contributed by atoms with Gasteiger partial charge in [-0.25, -0.2) is 0 Å². The zero-order valence-corrected chi connectivity index (χ0v) is 20.1. The maximum absolute atomic E-state index is 5.91. The number of hydrogen-bond acceptors (Lipinski definition) is 3. The van der Waals surface area contributed by atoms with Crippen molar-refractivity contribution in [2.24, 2.45) is 0 Å². The van der Waals surface area contributed by atoms with E-state index in [-0.39, 0.29) is 14.4 Å². The summed E-state index contributed by atoms with van der Waals surface area (Å²) in [5.74, 6) is 3.34. The van der Waals surface area contributed by atoms with Crippen molar-refractivity contribution in [3.8, 4) is 11.5 Å². The summed E-state index contributed by atoms with van der Waals surface area (Å²) in [7, 11) is -0.124. The first-order valence-corrected chi connectivity index (χ1v) is 11.3. The minimum Gasteiger partial charge on any atom is -0.462 e. The summed E-state index contributed by atoms with van der Waals surface area (Å²) in [4.78, 5) is 0. The normalized spacial score (nSPS) is 13.1. The fourth-order valence-electron chi connectivity index (χ4n) is 3.05. The van der Waals surface area contributed by atoms with Gasteiger partial charge in [-0.2, -0.15) is 0 Å². The van der Waals surface area contributed by atoms with Crippen LogP contribution in [0.4, 0.5) is 0 Å². The number of rotatable bonds is 11. The van der Waals surface area contributed by atoms with E-state index in [0.29, 0.717) is 0 Å². The summed E-state index contributed by atoms with van der Waals surface area (Å²) in [6.07, 6.45) is 10.2. The predicted molar refractivity (Wildman–Crippen MR) is 133 cm³/mol. The van der Waals surface area contributed by atoms with Gasteiger partial charge in [-0.05, 0) is 67.5 Å². The third kappa shape index (κ3) is 7.15. The fraction of sp³-hybridized carbons (Fsp3) is 0.259. The van der Waals surface area contributed by atoms with Crippen molar-refractivity contribution in [1.29, 1.82) is 0 Å². The van der Waals surface area contributed by atoms with Crippen molar-refractivity contribution in [3.05, 3.63) is 108 Å². The molecule has 4 heteroatoms. The molecule has 2 rings (SSSR count). The van der Waals surface area contributed by atoms with Crippen molar-refractivity contribution in [3.63, 3.8) is 0 Å². The Morgan fingerprint density at radius 3 is 2.03 bits per heavy atom. The van der Waals surface area contributed by atoms with E-state index in [2.05, 4.69) is 51.6 Å². The molecule has 2 aromatic rings. The van der Waals surface area contributed by atoms with Gasteiger partial charge in [-0.15, -0.1) is 0 Å². The molecule has 0 N–H and O–H groups in total. The van der Waals surface area contributed by atoms with Gasteiger partial charge in [-0.1, -0.05) is 63.8 Å². The van der Waals surface area contributed by atoms with E-state index in [1.165, 1.54) is 11.1 Å². The Hall–Kier alpha value is -2.77. The van der Waals surface area contributed by atoms with E-state index in [1.807, 2.05) is 56.3 Å². The summed E-state index contributed by atoms with van der Waals surface area (Å²) in [5, 5.41) is 0. The lowest BCUT2D eigenvalue weighted by Crippen LogP contribution is -2.18. The summed E-state index contributed by atoms with van der Waals surface area (Å²) in [6.45, 7) is 14.2. The number of ether oxygens (including phenoxy) is 1. The molecule has 0 spiro atoms. The van der Waals surface area contributed by atoms with Crippen molar-refractivity contribution >= 4 is 9.03 Å². The maximum Gasteiger partial charge on any atom is 0.275 e. The summed E-state index contributed by atoms with van der Waals surface area (Å²) in [5.41, 5.74) is 2.29. The molecular weight excluding hydrogens is 403 g/mol. The lowest BCUT2D eigenvalue weighted by atomic mass is 9.78. The first kappa shape index (κ1) is 24.5. The average molecular weight is 437 g/mol. The summed E-state index contributed by atoms with van der Waals surface area (Å²) < 4.78 is 17.3. The quantitative estimate of drug-likeness (QED) is 0.202. The Bertz CT molecular complexity index is 920. The molecule has 0 aromatic heterocycles. The second-order valence-corrected chi connectivity index (χ2v) is 8.05. The molecule has 0 aliphatic carbocycles. The molecule has 0 bridgehead atoms. The van der Waals surface area contributed by atoms with Crippen LogP contribution in [0.5, 0.6) is 11.5 Å². The van der Waals surface area contributed by atoms with Crippen LogP contribution in [0.2, 0.25) is 0 Å². The predicted octanol–water partition coefficient (Wildman–Crippen LogP) is 8.26. The highest BCUT2D eigenvalue weighted by Gasteiger charge is 2.23. The molecule has 3 nitrogen and oxygen atoms in total. The van der Waals surface area contributed by atoms with Crippen LogP contribution in [0.25, 0.3) is 0 Å². The van der Waals surface area contributed by atoms with Gasteiger partial charge in [0.25, 0.3) is 9.03 Å². The fourth-order valence-corrected chi connectivity index (χ4v) is 3.56. The molecular formula is C27H33O3P. The molecule has 0 aliphatic rings. The maximum atomic E-state index is 5.91. The Kier molecular flexibility index (Phi) is 9.62. The zero-order chi connectivity index (χ0) is 22.7. The molecule has 0 saturated heterocycles. The van der Waals surface area contributed by atoms with Gasteiger partial charge in [0.2, 0.25) is 0 Å². The first-order valence-electron chi connectivity index (χ1n) is 10.5. The van der Waals surface area contributed by atoms with Crippen LogP contribution in [0.1, 0.15) is 52.2 Å². The van der Waals surface area contributed by atoms with Gasteiger partial charge in [-0.3, -0.25) is 0 Å². The lowest BCUT2D eigenvalue weighted by molar-refractivity contribution is 0.408. The SMILES string of the molecule is C=C/C=C(\C=C/C)OPOc1ccc(C(C)(C)c2ccc(OC(=CC)CC)cc2)cc1. The highest BCUT2D eigenvalue weighted by molar-refractivity contribution is 7.26. The smallest absolute Gasteiger partial charge is 0.275 e. The van der Waals surface area contributed by atoms with E-state index in [9.17, 15) is 0 Å². The third-order valence-electron chi connectivity index (χ3n) is 5.00. The van der Waals surface area contributed by atoms with E-state index in [1.54, 1.807) is 12.2 Å². The van der Waals surface area contributed by atoms with Gasteiger partial charge in [0.05, 0.1) is 5.76 Å². The van der Waals surface area contributed by atoms with Crippen molar-refractivity contribution < 1.29 is 13.8 Å². The van der Waals surface area contributed by atoms with E-state index in [4.69, 9.17) is 13.8 Å².